The molecule has 5 nitrogen and oxygen atoms in total. The number of carbonyl (C=O) groups is 1. The highest BCUT2D eigenvalue weighted by molar-refractivity contribution is 7.99. The summed E-state index contributed by atoms with van der Waals surface area (Å²) >= 11 is 1.64. The second-order valence-electron chi connectivity index (χ2n) is 6.02. The van der Waals surface area contributed by atoms with E-state index < -0.39 is 0 Å². The number of thioether (sulfide) groups is 1. The number of amides is 1. The Bertz CT molecular complexity index is 863. The molecule has 0 saturated carbocycles. The van der Waals surface area contributed by atoms with Crippen LogP contribution in [-0.2, 0) is 17.1 Å². The normalized spacial score (nSPS) is 11.9. The number of pyridine rings is 1. The summed E-state index contributed by atoms with van der Waals surface area (Å²) in [6, 6.07) is 14.1. The predicted octanol–water partition coefficient (Wildman–Crippen LogP) is 3.51. The predicted molar refractivity (Wildman–Crippen MR) is 105 cm³/mol. The van der Waals surface area contributed by atoms with E-state index in [0.29, 0.717) is 6.54 Å². The standard InChI is InChI=1S/C20H22N4OS/c1-15(26-14-17-6-4-3-5-7-17)20(25)23-13-18-8-9-22-19(12-18)24-11-10-21-16(24)2/h3-12,15H,13-14H2,1-2H3,(H,23,25). The van der Waals surface area contributed by atoms with Gasteiger partial charge in [-0.05, 0) is 37.1 Å². The number of carbonyl (C=O) groups excluding carboxylic acids is 1. The summed E-state index contributed by atoms with van der Waals surface area (Å²) in [5, 5.41) is 2.91. The zero-order valence-electron chi connectivity index (χ0n) is 14.9. The van der Waals surface area contributed by atoms with Gasteiger partial charge in [-0.1, -0.05) is 30.3 Å². The fraction of sp³-hybridized carbons (Fsp3) is 0.250. The first-order valence-electron chi connectivity index (χ1n) is 8.52. The van der Waals surface area contributed by atoms with Gasteiger partial charge in [0.05, 0.1) is 5.25 Å². The third-order valence-electron chi connectivity index (χ3n) is 4.06. The molecule has 0 spiro atoms. The Morgan fingerprint density at radius 1 is 1.15 bits per heavy atom. The molecule has 0 saturated heterocycles. The second kappa shape index (κ2) is 8.67. The van der Waals surface area contributed by atoms with Crippen LogP contribution in [0.1, 0.15) is 23.9 Å². The summed E-state index contributed by atoms with van der Waals surface area (Å²) in [5.74, 6) is 2.56. The molecule has 3 rings (SSSR count). The third-order valence-corrected chi connectivity index (χ3v) is 5.28. The molecule has 2 heterocycles. The van der Waals surface area contributed by atoms with E-state index in [0.717, 1.165) is 23.0 Å². The second-order valence-corrected chi connectivity index (χ2v) is 7.35. The summed E-state index contributed by atoms with van der Waals surface area (Å²) in [6.07, 6.45) is 5.38. The average Bonchev–Trinajstić information content (AvgIpc) is 3.11. The van der Waals surface area contributed by atoms with Crippen LogP contribution in [0.4, 0.5) is 0 Å². The Hall–Kier alpha value is -2.60. The van der Waals surface area contributed by atoms with Gasteiger partial charge in [-0.15, -0.1) is 11.8 Å². The molecule has 1 aromatic carbocycles. The number of hydrogen-bond donors (Lipinski definition) is 1. The SMILES string of the molecule is Cc1nccn1-c1cc(CNC(=O)C(C)SCc2ccccc2)ccn1. The van der Waals surface area contributed by atoms with Crippen LogP contribution < -0.4 is 5.32 Å². The van der Waals surface area contributed by atoms with Crippen molar-refractivity contribution in [1.82, 2.24) is 19.9 Å². The number of hydrogen-bond acceptors (Lipinski definition) is 4. The fourth-order valence-electron chi connectivity index (χ4n) is 2.53. The zero-order valence-corrected chi connectivity index (χ0v) is 15.7. The first-order chi connectivity index (χ1) is 12.6. The van der Waals surface area contributed by atoms with Gasteiger partial charge in [-0.2, -0.15) is 0 Å². The van der Waals surface area contributed by atoms with Crippen molar-refractivity contribution in [2.45, 2.75) is 31.4 Å². The lowest BCUT2D eigenvalue weighted by atomic mass is 10.2. The van der Waals surface area contributed by atoms with Crippen LogP contribution in [0.25, 0.3) is 5.82 Å². The lowest BCUT2D eigenvalue weighted by Crippen LogP contribution is -2.30. The molecule has 1 amide bonds. The Balaban J connectivity index is 1.53. The van der Waals surface area contributed by atoms with E-state index in [-0.39, 0.29) is 11.2 Å². The van der Waals surface area contributed by atoms with Gasteiger partial charge in [0.15, 0.2) is 0 Å². The van der Waals surface area contributed by atoms with E-state index in [1.165, 1.54) is 5.56 Å². The molecule has 6 heteroatoms. The highest BCUT2D eigenvalue weighted by Crippen LogP contribution is 2.18. The van der Waals surface area contributed by atoms with Crippen LogP contribution in [-0.4, -0.2) is 25.7 Å². The Labute approximate surface area is 157 Å². The van der Waals surface area contributed by atoms with Crippen LogP contribution in [0.15, 0.2) is 61.1 Å². The van der Waals surface area contributed by atoms with Crippen molar-refractivity contribution in [3.63, 3.8) is 0 Å². The average molecular weight is 366 g/mol. The molecule has 0 fully saturated rings. The van der Waals surface area contributed by atoms with Gasteiger partial charge >= 0.3 is 0 Å². The van der Waals surface area contributed by atoms with E-state index in [1.807, 2.05) is 54.9 Å². The molecule has 26 heavy (non-hydrogen) atoms. The van der Waals surface area contributed by atoms with E-state index >= 15 is 0 Å². The molecule has 1 atom stereocenters. The lowest BCUT2D eigenvalue weighted by Gasteiger charge is -2.13. The van der Waals surface area contributed by atoms with Gasteiger partial charge in [0, 0.05) is 30.9 Å². The molecular weight excluding hydrogens is 344 g/mol. The first kappa shape index (κ1) is 18.2. The van der Waals surface area contributed by atoms with Crippen LogP contribution in [0.5, 0.6) is 0 Å². The van der Waals surface area contributed by atoms with E-state index in [2.05, 4.69) is 27.4 Å². The van der Waals surface area contributed by atoms with Gasteiger partial charge in [-0.25, -0.2) is 9.97 Å². The van der Waals surface area contributed by atoms with Crippen LogP contribution in [0.3, 0.4) is 0 Å². The summed E-state index contributed by atoms with van der Waals surface area (Å²) in [7, 11) is 0. The van der Waals surface area contributed by atoms with E-state index in [9.17, 15) is 4.79 Å². The molecule has 1 N–H and O–H groups in total. The van der Waals surface area contributed by atoms with Crippen molar-refractivity contribution in [2.75, 3.05) is 0 Å². The lowest BCUT2D eigenvalue weighted by molar-refractivity contribution is -0.120. The largest absolute Gasteiger partial charge is 0.351 e. The van der Waals surface area contributed by atoms with Crippen LogP contribution in [0.2, 0.25) is 0 Å². The minimum absolute atomic E-state index is 0.0445. The Morgan fingerprint density at radius 2 is 1.96 bits per heavy atom. The maximum Gasteiger partial charge on any atom is 0.233 e. The number of aromatic nitrogens is 3. The molecular formula is C20H22N4OS. The number of nitrogens with one attached hydrogen (secondary N) is 1. The van der Waals surface area contributed by atoms with Crippen molar-refractivity contribution in [2.24, 2.45) is 0 Å². The maximum atomic E-state index is 12.3. The number of rotatable bonds is 7. The van der Waals surface area contributed by atoms with Gasteiger partial charge in [0.25, 0.3) is 0 Å². The highest BCUT2D eigenvalue weighted by Gasteiger charge is 2.13. The quantitative estimate of drug-likeness (QED) is 0.695. The first-order valence-corrected chi connectivity index (χ1v) is 9.57. The smallest absolute Gasteiger partial charge is 0.233 e. The summed E-state index contributed by atoms with van der Waals surface area (Å²) in [5.41, 5.74) is 2.24. The van der Waals surface area contributed by atoms with Crippen LogP contribution >= 0.6 is 11.8 Å². The van der Waals surface area contributed by atoms with Crippen molar-refractivity contribution < 1.29 is 4.79 Å². The van der Waals surface area contributed by atoms with Crippen molar-refractivity contribution >= 4 is 17.7 Å². The van der Waals surface area contributed by atoms with Gasteiger partial charge in [0.2, 0.25) is 5.91 Å². The zero-order chi connectivity index (χ0) is 18.4. The third kappa shape index (κ3) is 4.73. The number of imidazole rings is 1. The van der Waals surface area contributed by atoms with Gasteiger partial charge in [-0.3, -0.25) is 9.36 Å². The Morgan fingerprint density at radius 3 is 2.69 bits per heavy atom. The molecule has 134 valence electrons. The van der Waals surface area contributed by atoms with E-state index in [4.69, 9.17) is 0 Å². The minimum Gasteiger partial charge on any atom is -0.351 e. The monoisotopic (exact) mass is 366 g/mol. The fourth-order valence-corrected chi connectivity index (χ4v) is 3.40. The molecule has 3 aromatic rings. The molecule has 0 radical (unpaired) electrons. The number of aryl methyl sites for hydroxylation is 1. The molecule has 1 unspecified atom stereocenters. The van der Waals surface area contributed by atoms with E-state index in [1.54, 1.807) is 24.2 Å². The van der Waals surface area contributed by atoms with Crippen molar-refractivity contribution in [3.05, 3.63) is 78.0 Å². The minimum atomic E-state index is -0.104. The molecule has 0 aliphatic rings. The number of nitrogens with zero attached hydrogens (tertiary/aromatic N) is 3. The summed E-state index contributed by atoms with van der Waals surface area (Å²) in [4.78, 5) is 20.9. The summed E-state index contributed by atoms with van der Waals surface area (Å²) < 4.78 is 1.92. The van der Waals surface area contributed by atoms with Crippen molar-refractivity contribution in [1.29, 1.82) is 0 Å². The van der Waals surface area contributed by atoms with Gasteiger partial charge < -0.3 is 5.32 Å². The topological polar surface area (TPSA) is 59.8 Å². The molecule has 2 aromatic heterocycles. The highest BCUT2D eigenvalue weighted by atomic mass is 32.2. The maximum absolute atomic E-state index is 12.3. The van der Waals surface area contributed by atoms with Gasteiger partial charge in [0.1, 0.15) is 11.6 Å². The Kier molecular flexibility index (Phi) is 6.07. The molecule has 0 aliphatic heterocycles. The molecule has 0 aliphatic carbocycles. The summed E-state index contributed by atoms with van der Waals surface area (Å²) in [6.45, 7) is 4.36. The van der Waals surface area contributed by atoms with Crippen LogP contribution in [0, 0.1) is 6.92 Å². The van der Waals surface area contributed by atoms with Crippen molar-refractivity contribution in [3.8, 4) is 5.82 Å². The molecule has 0 bridgehead atoms. The number of benzene rings is 1.